The lowest BCUT2D eigenvalue weighted by Crippen LogP contribution is -2.27. The predicted molar refractivity (Wildman–Crippen MR) is 67.6 cm³/mol. The van der Waals surface area contributed by atoms with Gasteiger partial charge in [0.1, 0.15) is 0 Å². The van der Waals surface area contributed by atoms with Crippen molar-refractivity contribution < 1.29 is 13.5 Å². The standard InChI is InChI=1S/C11H14N4O3S/c16-9-10-1-3-11(4-2-10)19(17,18)13-6-8-15-7-5-12-14-15/h1-5,7,13,16H,6,8-9H2. The van der Waals surface area contributed by atoms with Crippen molar-refractivity contribution >= 4 is 10.0 Å². The molecule has 1 aromatic carbocycles. The van der Waals surface area contributed by atoms with Gasteiger partial charge >= 0.3 is 0 Å². The van der Waals surface area contributed by atoms with Crippen LogP contribution in [-0.2, 0) is 23.2 Å². The number of hydrogen-bond donors (Lipinski definition) is 2. The van der Waals surface area contributed by atoms with E-state index in [4.69, 9.17) is 5.11 Å². The normalized spacial score (nSPS) is 11.6. The highest BCUT2D eigenvalue weighted by Gasteiger charge is 2.12. The third kappa shape index (κ3) is 3.60. The van der Waals surface area contributed by atoms with E-state index in [-0.39, 0.29) is 18.0 Å². The largest absolute Gasteiger partial charge is 0.392 e. The first-order chi connectivity index (χ1) is 9.12. The number of nitrogens with one attached hydrogen (secondary N) is 1. The maximum atomic E-state index is 11.9. The topological polar surface area (TPSA) is 97.1 Å². The van der Waals surface area contributed by atoms with Crippen molar-refractivity contribution in [2.24, 2.45) is 0 Å². The van der Waals surface area contributed by atoms with Crippen LogP contribution in [0.5, 0.6) is 0 Å². The van der Waals surface area contributed by atoms with Gasteiger partial charge in [0.05, 0.1) is 24.2 Å². The molecule has 2 rings (SSSR count). The minimum absolute atomic E-state index is 0.111. The van der Waals surface area contributed by atoms with E-state index in [1.165, 1.54) is 23.0 Å². The summed E-state index contributed by atoms with van der Waals surface area (Å²) in [5.74, 6) is 0. The first-order valence-corrected chi connectivity index (χ1v) is 7.14. The van der Waals surface area contributed by atoms with E-state index in [1.807, 2.05) is 0 Å². The van der Waals surface area contributed by atoms with Crippen molar-refractivity contribution in [3.05, 3.63) is 42.2 Å². The lowest BCUT2D eigenvalue weighted by molar-refractivity contribution is 0.282. The van der Waals surface area contributed by atoms with Crippen molar-refractivity contribution in [2.45, 2.75) is 18.0 Å². The summed E-state index contributed by atoms with van der Waals surface area (Å²) in [6.45, 7) is 0.529. The maximum Gasteiger partial charge on any atom is 0.240 e. The molecule has 0 saturated heterocycles. The molecule has 1 aromatic heterocycles. The van der Waals surface area contributed by atoms with E-state index >= 15 is 0 Å². The molecule has 0 saturated carbocycles. The predicted octanol–water partition coefficient (Wildman–Crippen LogP) is -0.251. The molecule has 8 heteroatoms. The van der Waals surface area contributed by atoms with Crippen LogP contribution in [0.3, 0.4) is 0 Å². The number of rotatable bonds is 6. The first kappa shape index (κ1) is 13.7. The number of sulfonamides is 1. The Morgan fingerprint density at radius 1 is 1.26 bits per heavy atom. The van der Waals surface area contributed by atoms with E-state index in [0.717, 1.165) is 0 Å². The van der Waals surface area contributed by atoms with Crippen molar-refractivity contribution in [3.8, 4) is 0 Å². The zero-order valence-electron chi connectivity index (χ0n) is 10.1. The number of nitrogens with zero attached hydrogens (tertiary/aromatic N) is 3. The fourth-order valence-electron chi connectivity index (χ4n) is 1.50. The maximum absolute atomic E-state index is 11.9. The molecule has 0 aliphatic carbocycles. The molecule has 2 aromatic rings. The second-order valence-electron chi connectivity index (χ2n) is 3.87. The highest BCUT2D eigenvalue weighted by molar-refractivity contribution is 7.89. The van der Waals surface area contributed by atoms with Crippen LogP contribution in [-0.4, -0.2) is 35.1 Å². The SMILES string of the molecule is O=S(=O)(NCCn1ccnn1)c1ccc(CO)cc1. The molecule has 0 aliphatic rings. The summed E-state index contributed by atoms with van der Waals surface area (Å²) in [4.78, 5) is 0.170. The summed E-state index contributed by atoms with van der Waals surface area (Å²) in [5, 5.41) is 16.3. The van der Waals surface area contributed by atoms with E-state index in [0.29, 0.717) is 12.1 Å². The number of hydrogen-bond acceptors (Lipinski definition) is 5. The van der Waals surface area contributed by atoms with Crippen LogP contribution in [0.1, 0.15) is 5.56 Å². The summed E-state index contributed by atoms with van der Waals surface area (Å²) in [5.41, 5.74) is 0.668. The molecular formula is C11H14N4O3S. The third-order valence-corrected chi connectivity index (χ3v) is 4.00. The molecular weight excluding hydrogens is 268 g/mol. The molecule has 0 amide bonds. The van der Waals surface area contributed by atoms with Crippen LogP contribution in [0.15, 0.2) is 41.6 Å². The van der Waals surface area contributed by atoms with Gasteiger partial charge in [-0.05, 0) is 17.7 Å². The molecule has 0 radical (unpaired) electrons. The Bertz CT molecular complexity index is 608. The molecule has 102 valence electrons. The van der Waals surface area contributed by atoms with Gasteiger partial charge in [0.25, 0.3) is 0 Å². The molecule has 1 heterocycles. The molecule has 19 heavy (non-hydrogen) atoms. The lowest BCUT2D eigenvalue weighted by Gasteiger charge is -2.07. The summed E-state index contributed by atoms with van der Waals surface area (Å²) < 4.78 is 27.9. The first-order valence-electron chi connectivity index (χ1n) is 5.65. The van der Waals surface area contributed by atoms with E-state index in [1.54, 1.807) is 18.3 Å². The average Bonchev–Trinajstić information content (AvgIpc) is 2.92. The van der Waals surface area contributed by atoms with Crippen LogP contribution >= 0.6 is 0 Å². The Balaban J connectivity index is 1.97. The van der Waals surface area contributed by atoms with Crippen LogP contribution < -0.4 is 4.72 Å². The summed E-state index contributed by atoms with van der Waals surface area (Å²) in [7, 11) is -3.53. The van der Waals surface area contributed by atoms with Crippen LogP contribution in [0.2, 0.25) is 0 Å². The number of benzene rings is 1. The smallest absolute Gasteiger partial charge is 0.240 e. The molecule has 0 spiro atoms. The summed E-state index contributed by atoms with van der Waals surface area (Å²) in [6, 6.07) is 6.07. The molecule has 0 fully saturated rings. The van der Waals surface area contributed by atoms with Crippen LogP contribution in [0.25, 0.3) is 0 Å². The number of aliphatic hydroxyl groups excluding tert-OH is 1. The third-order valence-electron chi connectivity index (χ3n) is 2.52. The van der Waals surface area contributed by atoms with Gasteiger partial charge < -0.3 is 5.11 Å². The molecule has 7 nitrogen and oxygen atoms in total. The van der Waals surface area contributed by atoms with Crippen molar-refractivity contribution in [3.63, 3.8) is 0 Å². The molecule has 2 N–H and O–H groups in total. The van der Waals surface area contributed by atoms with Gasteiger partial charge in [-0.1, -0.05) is 17.3 Å². The Hall–Kier alpha value is -1.77. The highest BCUT2D eigenvalue weighted by atomic mass is 32.2. The quantitative estimate of drug-likeness (QED) is 0.761. The minimum Gasteiger partial charge on any atom is -0.392 e. The van der Waals surface area contributed by atoms with Crippen molar-refractivity contribution in [1.29, 1.82) is 0 Å². The second-order valence-corrected chi connectivity index (χ2v) is 5.63. The van der Waals surface area contributed by atoms with Crippen LogP contribution in [0, 0.1) is 0 Å². The van der Waals surface area contributed by atoms with Gasteiger partial charge in [-0.15, -0.1) is 5.10 Å². The Morgan fingerprint density at radius 2 is 2.00 bits per heavy atom. The van der Waals surface area contributed by atoms with Gasteiger partial charge in [-0.25, -0.2) is 13.1 Å². The van der Waals surface area contributed by atoms with Gasteiger partial charge in [-0.2, -0.15) is 0 Å². The second kappa shape index (κ2) is 5.91. The van der Waals surface area contributed by atoms with Gasteiger partial charge in [-0.3, -0.25) is 4.68 Å². The molecule has 0 unspecified atom stereocenters. The Labute approximate surface area is 110 Å². The Morgan fingerprint density at radius 3 is 2.58 bits per heavy atom. The zero-order valence-corrected chi connectivity index (χ0v) is 10.9. The van der Waals surface area contributed by atoms with E-state index < -0.39 is 10.0 Å². The van der Waals surface area contributed by atoms with Crippen molar-refractivity contribution in [2.75, 3.05) is 6.54 Å². The summed E-state index contributed by atoms with van der Waals surface area (Å²) in [6.07, 6.45) is 3.19. The minimum atomic E-state index is -3.53. The Kier molecular flexibility index (Phi) is 4.25. The van der Waals surface area contributed by atoms with Crippen LogP contribution in [0.4, 0.5) is 0 Å². The lowest BCUT2D eigenvalue weighted by atomic mass is 10.2. The summed E-state index contributed by atoms with van der Waals surface area (Å²) >= 11 is 0. The zero-order chi connectivity index (χ0) is 13.7. The van der Waals surface area contributed by atoms with Gasteiger partial charge in [0.15, 0.2) is 0 Å². The number of aromatic nitrogens is 3. The fourth-order valence-corrected chi connectivity index (χ4v) is 2.52. The number of aliphatic hydroxyl groups is 1. The van der Waals surface area contributed by atoms with E-state index in [9.17, 15) is 8.42 Å². The average molecular weight is 282 g/mol. The van der Waals surface area contributed by atoms with Crippen molar-refractivity contribution in [1.82, 2.24) is 19.7 Å². The van der Waals surface area contributed by atoms with Gasteiger partial charge in [0.2, 0.25) is 10.0 Å². The molecule has 0 atom stereocenters. The molecule has 0 aliphatic heterocycles. The monoisotopic (exact) mass is 282 g/mol. The van der Waals surface area contributed by atoms with E-state index in [2.05, 4.69) is 15.0 Å². The highest BCUT2D eigenvalue weighted by Crippen LogP contribution is 2.10. The fraction of sp³-hybridized carbons (Fsp3) is 0.273. The molecule has 0 bridgehead atoms. The van der Waals surface area contributed by atoms with Gasteiger partial charge in [0, 0.05) is 12.7 Å².